The van der Waals surface area contributed by atoms with Gasteiger partial charge in [0.25, 0.3) is 0 Å². The summed E-state index contributed by atoms with van der Waals surface area (Å²) < 4.78 is 0. The number of hydrogen-bond acceptors (Lipinski definition) is 5. The highest BCUT2D eigenvalue weighted by atomic mass is 16.3. The maximum Gasteiger partial charge on any atom is 0.115 e. The highest BCUT2D eigenvalue weighted by molar-refractivity contribution is 5.35. The minimum absolute atomic E-state index is 0.0287. The van der Waals surface area contributed by atoms with Crippen molar-refractivity contribution in [1.82, 2.24) is 4.90 Å². The van der Waals surface area contributed by atoms with Crippen LogP contribution in [0.1, 0.15) is 123 Å². The fraction of sp³-hybridized carbons (Fsp3) is 0.860. The van der Waals surface area contributed by atoms with Crippen LogP contribution in [0.3, 0.4) is 0 Å². The quantitative estimate of drug-likeness (QED) is 0.261. The first-order chi connectivity index (χ1) is 22.8. The van der Waals surface area contributed by atoms with Crippen LogP contribution in [-0.2, 0) is 12.8 Å². The predicted molar refractivity (Wildman–Crippen MR) is 191 cm³/mol. The lowest BCUT2D eigenvalue weighted by Crippen LogP contribution is -2.67. The molecule has 2 heterocycles. The number of phenolic OH excluding ortho intramolecular Hbond substituents is 1. The van der Waals surface area contributed by atoms with Crippen LogP contribution in [0.4, 0.5) is 0 Å². The van der Waals surface area contributed by atoms with Gasteiger partial charge >= 0.3 is 0 Å². The van der Waals surface area contributed by atoms with Crippen LogP contribution in [0.2, 0.25) is 0 Å². The van der Waals surface area contributed by atoms with Gasteiger partial charge in [0.1, 0.15) is 5.75 Å². The third-order valence-corrected chi connectivity index (χ3v) is 16.8. The van der Waals surface area contributed by atoms with Crippen molar-refractivity contribution in [2.24, 2.45) is 70.0 Å². The van der Waals surface area contributed by atoms with Crippen LogP contribution < -0.4 is 0 Å². The Balaban J connectivity index is 1.01. The zero-order chi connectivity index (χ0) is 33.7. The first kappa shape index (κ1) is 34.0. The summed E-state index contributed by atoms with van der Waals surface area (Å²) in [7, 11) is 0. The Labute approximate surface area is 291 Å². The Hall–Kier alpha value is -1.14. The molecule has 4 N–H and O–H groups in total. The molecular weight excluding hydrogens is 594 g/mol. The monoisotopic (exact) mass is 662 g/mol. The van der Waals surface area contributed by atoms with Crippen molar-refractivity contribution >= 4 is 0 Å². The number of aliphatic hydroxyl groups excluding tert-OH is 2. The van der Waals surface area contributed by atoms with E-state index < -0.39 is 5.60 Å². The lowest BCUT2D eigenvalue weighted by atomic mass is 9.46. The summed E-state index contributed by atoms with van der Waals surface area (Å²) in [4.78, 5) is 2.70. The molecule has 0 aromatic heterocycles. The standard InChI is InChI=1S/C43H67NO4/c1-25(2)16-28-9-10-30(45)17-29(28)8-7-27-14-15-43(21-27)24-41(4)36-18-32-31(33(36)19-38(46)37(41)20-40(43)47)11-12-35-34(32)23-44-22-26(3)6-13-39(44)42(35,5)48/h9-10,17,25-27,31-40,45-48H,6-8,11-16,18-24H2,1-5H3. The second-order valence-electron chi connectivity index (χ2n) is 20.0. The molecule has 1 aromatic carbocycles. The molecule has 2 aliphatic heterocycles. The van der Waals surface area contributed by atoms with Crippen LogP contribution in [0, 0.1) is 70.0 Å². The van der Waals surface area contributed by atoms with Crippen molar-refractivity contribution in [3.63, 3.8) is 0 Å². The van der Waals surface area contributed by atoms with E-state index in [2.05, 4.69) is 45.6 Å². The van der Waals surface area contributed by atoms with Crippen LogP contribution in [0.15, 0.2) is 18.2 Å². The van der Waals surface area contributed by atoms with Gasteiger partial charge in [-0.05, 0) is 190 Å². The van der Waals surface area contributed by atoms with E-state index >= 15 is 0 Å². The number of phenols is 1. The second kappa shape index (κ2) is 12.2. The van der Waals surface area contributed by atoms with E-state index in [0.717, 1.165) is 76.7 Å². The Morgan fingerprint density at radius 1 is 0.854 bits per heavy atom. The first-order valence-corrected chi connectivity index (χ1v) is 20.4. The molecule has 1 spiro atoms. The fourth-order valence-electron chi connectivity index (χ4n) is 14.8. The van der Waals surface area contributed by atoms with Gasteiger partial charge < -0.3 is 20.4 Å². The molecule has 5 nitrogen and oxygen atoms in total. The van der Waals surface area contributed by atoms with Crippen LogP contribution >= 0.6 is 0 Å². The van der Waals surface area contributed by atoms with Crippen molar-refractivity contribution in [3.8, 4) is 5.75 Å². The summed E-state index contributed by atoms with van der Waals surface area (Å²) in [6.45, 7) is 14.0. The van der Waals surface area contributed by atoms with Gasteiger partial charge in [0.05, 0.1) is 17.8 Å². The van der Waals surface area contributed by atoms with Crippen LogP contribution in [0.5, 0.6) is 5.75 Å². The van der Waals surface area contributed by atoms with E-state index in [0.29, 0.717) is 59.1 Å². The molecule has 0 amide bonds. The molecule has 48 heavy (non-hydrogen) atoms. The number of nitrogens with zero attached hydrogens (tertiary/aromatic N) is 1. The average Bonchev–Trinajstić information content (AvgIpc) is 3.61. The molecule has 7 aliphatic rings. The second-order valence-corrected chi connectivity index (χ2v) is 20.0. The van der Waals surface area contributed by atoms with E-state index in [-0.39, 0.29) is 29.0 Å². The largest absolute Gasteiger partial charge is 0.508 e. The van der Waals surface area contributed by atoms with Gasteiger partial charge in [-0.3, -0.25) is 4.90 Å². The van der Waals surface area contributed by atoms with Gasteiger partial charge in [-0.1, -0.05) is 33.8 Å². The molecule has 5 aliphatic carbocycles. The molecule has 15 atom stereocenters. The van der Waals surface area contributed by atoms with E-state index in [1.54, 1.807) is 0 Å². The fourth-order valence-corrected chi connectivity index (χ4v) is 14.8. The van der Waals surface area contributed by atoms with E-state index in [9.17, 15) is 20.4 Å². The number of benzene rings is 1. The third-order valence-electron chi connectivity index (χ3n) is 16.8. The SMILES string of the molecule is CC(C)Cc1ccc(O)cc1CCC1CCC2(C1)CC1(C)C(CC2O)C(O)CC2C3CCC4C(CN5CC(C)CCC5C4(C)O)C3CC21. The smallest absolute Gasteiger partial charge is 0.115 e. The van der Waals surface area contributed by atoms with E-state index in [1.165, 1.54) is 43.4 Å². The molecular formula is C43H67NO4. The Morgan fingerprint density at radius 2 is 1.67 bits per heavy atom. The Morgan fingerprint density at radius 3 is 2.46 bits per heavy atom. The van der Waals surface area contributed by atoms with Crippen molar-refractivity contribution in [2.75, 3.05) is 13.1 Å². The first-order valence-electron chi connectivity index (χ1n) is 20.4. The summed E-state index contributed by atoms with van der Waals surface area (Å²) in [6, 6.07) is 6.28. The highest BCUT2D eigenvalue weighted by Crippen LogP contribution is 2.70. The lowest BCUT2D eigenvalue weighted by Gasteiger charge is -2.60. The molecule has 5 saturated carbocycles. The molecule has 15 unspecified atom stereocenters. The topological polar surface area (TPSA) is 84.2 Å². The maximum absolute atomic E-state index is 12.2. The minimum Gasteiger partial charge on any atom is -0.508 e. The molecule has 0 radical (unpaired) electrons. The molecule has 268 valence electrons. The van der Waals surface area contributed by atoms with Gasteiger partial charge in [0, 0.05) is 19.1 Å². The summed E-state index contributed by atoms with van der Waals surface area (Å²) in [5.74, 6) is 6.01. The van der Waals surface area contributed by atoms with Gasteiger partial charge in [-0.25, -0.2) is 0 Å². The zero-order valence-electron chi connectivity index (χ0n) is 30.8. The Bertz CT molecular complexity index is 1340. The lowest BCUT2D eigenvalue weighted by molar-refractivity contribution is -0.180. The summed E-state index contributed by atoms with van der Waals surface area (Å²) >= 11 is 0. The zero-order valence-corrected chi connectivity index (χ0v) is 30.8. The molecule has 8 rings (SSSR count). The Kier molecular flexibility index (Phi) is 8.66. The number of aromatic hydroxyl groups is 1. The average molecular weight is 662 g/mol. The molecule has 1 aromatic rings. The molecule has 5 heteroatoms. The minimum atomic E-state index is -0.598. The van der Waals surface area contributed by atoms with Crippen molar-refractivity contribution < 1.29 is 20.4 Å². The molecule has 7 fully saturated rings. The number of rotatable bonds is 5. The summed E-state index contributed by atoms with van der Waals surface area (Å²) in [5, 5.41) is 46.2. The number of aliphatic hydroxyl groups is 3. The van der Waals surface area contributed by atoms with E-state index in [4.69, 9.17) is 0 Å². The molecule has 0 bridgehead atoms. The highest BCUT2D eigenvalue weighted by Gasteiger charge is 2.67. The third kappa shape index (κ3) is 5.45. The summed E-state index contributed by atoms with van der Waals surface area (Å²) in [6.07, 6.45) is 14.8. The van der Waals surface area contributed by atoms with Gasteiger partial charge in [0.2, 0.25) is 0 Å². The van der Waals surface area contributed by atoms with Crippen LogP contribution in [-0.4, -0.2) is 62.3 Å². The van der Waals surface area contributed by atoms with Gasteiger partial charge in [-0.15, -0.1) is 0 Å². The normalized spacial score (nSPS) is 50.1. The van der Waals surface area contributed by atoms with E-state index in [1.807, 2.05) is 12.1 Å². The maximum atomic E-state index is 12.2. The summed E-state index contributed by atoms with van der Waals surface area (Å²) in [5.41, 5.74) is 2.12. The van der Waals surface area contributed by atoms with Crippen molar-refractivity contribution in [2.45, 2.75) is 148 Å². The molecule has 2 saturated heterocycles. The predicted octanol–water partition coefficient (Wildman–Crippen LogP) is 7.61. The number of piperidine rings is 2. The van der Waals surface area contributed by atoms with Crippen LogP contribution in [0.25, 0.3) is 0 Å². The van der Waals surface area contributed by atoms with Crippen molar-refractivity contribution in [1.29, 1.82) is 0 Å². The van der Waals surface area contributed by atoms with Gasteiger partial charge in [0.15, 0.2) is 0 Å². The number of aryl methyl sites for hydroxylation is 1. The number of fused-ring (bicyclic) bond motifs is 8. The van der Waals surface area contributed by atoms with Crippen molar-refractivity contribution in [3.05, 3.63) is 29.3 Å². The number of hydrogen-bond donors (Lipinski definition) is 4. The van der Waals surface area contributed by atoms with Gasteiger partial charge in [-0.2, -0.15) is 0 Å².